The Morgan fingerprint density at radius 1 is 1.30 bits per heavy atom. The first-order chi connectivity index (χ1) is 11.2. The van der Waals surface area contributed by atoms with Crippen LogP contribution in [0.4, 0.5) is 0 Å². The maximum Gasteiger partial charge on any atom is 0.222 e. The lowest BCUT2D eigenvalue weighted by molar-refractivity contribution is -0.131. The molecule has 0 radical (unpaired) electrons. The first kappa shape index (κ1) is 16.2. The molecule has 0 aromatic carbocycles. The monoisotopic (exact) mass is 332 g/mol. The second-order valence-electron chi connectivity index (χ2n) is 6.10. The van der Waals surface area contributed by atoms with E-state index < -0.39 is 0 Å². The number of carbonyl (C=O) groups excluding carboxylic acids is 1. The van der Waals surface area contributed by atoms with Crippen molar-refractivity contribution in [3.63, 3.8) is 0 Å². The molecular weight excluding hydrogens is 308 g/mol. The molecule has 23 heavy (non-hydrogen) atoms. The molecule has 124 valence electrons. The van der Waals surface area contributed by atoms with Crippen molar-refractivity contribution in [1.82, 2.24) is 19.4 Å². The van der Waals surface area contributed by atoms with Crippen LogP contribution in [-0.4, -0.2) is 51.4 Å². The zero-order valence-electron chi connectivity index (χ0n) is 13.6. The molecular formula is C17H24N4OS. The fourth-order valence-electron chi connectivity index (χ4n) is 2.97. The number of carbonyl (C=O) groups is 1. The van der Waals surface area contributed by atoms with E-state index in [1.165, 1.54) is 5.56 Å². The summed E-state index contributed by atoms with van der Waals surface area (Å²) in [5, 5.41) is 4.20. The standard InChI is InChI=1S/C17H24N4OS/c1-19-9-6-18-16(19)13-20-7-2-8-21(11-10-20)17(22)4-3-15-5-12-23-14-15/h5-6,9,12,14H,2-4,7-8,10-11,13H2,1H3. The number of amides is 1. The van der Waals surface area contributed by atoms with Gasteiger partial charge in [0.25, 0.3) is 0 Å². The van der Waals surface area contributed by atoms with Crippen molar-refractivity contribution in [1.29, 1.82) is 0 Å². The van der Waals surface area contributed by atoms with Gasteiger partial charge in [-0.1, -0.05) is 0 Å². The Balaban J connectivity index is 1.47. The number of aryl methyl sites for hydroxylation is 2. The van der Waals surface area contributed by atoms with Gasteiger partial charge >= 0.3 is 0 Å². The Bertz CT molecular complexity index is 622. The summed E-state index contributed by atoms with van der Waals surface area (Å²) in [5.74, 6) is 1.37. The minimum atomic E-state index is 0.287. The van der Waals surface area contributed by atoms with Crippen LogP contribution in [0.25, 0.3) is 0 Å². The minimum absolute atomic E-state index is 0.287. The zero-order valence-corrected chi connectivity index (χ0v) is 14.5. The number of hydrogen-bond donors (Lipinski definition) is 0. The summed E-state index contributed by atoms with van der Waals surface area (Å²) < 4.78 is 2.06. The molecule has 1 saturated heterocycles. The first-order valence-corrected chi connectivity index (χ1v) is 9.14. The summed E-state index contributed by atoms with van der Waals surface area (Å²) in [7, 11) is 2.03. The highest BCUT2D eigenvalue weighted by molar-refractivity contribution is 7.07. The molecule has 0 bridgehead atoms. The van der Waals surface area contributed by atoms with Crippen molar-refractivity contribution in [2.24, 2.45) is 7.05 Å². The van der Waals surface area contributed by atoms with Crippen molar-refractivity contribution in [3.05, 3.63) is 40.6 Å². The second-order valence-corrected chi connectivity index (χ2v) is 6.88. The highest BCUT2D eigenvalue weighted by atomic mass is 32.1. The zero-order chi connectivity index (χ0) is 16.1. The number of thiophene rings is 1. The predicted molar refractivity (Wildman–Crippen MR) is 92.3 cm³/mol. The van der Waals surface area contributed by atoms with Gasteiger partial charge in [-0.2, -0.15) is 11.3 Å². The molecule has 3 heterocycles. The van der Waals surface area contributed by atoms with Crippen LogP contribution < -0.4 is 0 Å². The number of aromatic nitrogens is 2. The molecule has 0 saturated carbocycles. The molecule has 2 aromatic rings. The predicted octanol–water partition coefficient (Wildman–Crippen LogP) is 2.15. The van der Waals surface area contributed by atoms with Crippen molar-refractivity contribution >= 4 is 17.2 Å². The van der Waals surface area contributed by atoms with Crippen molar-refractivity contribution in [3.8, 4) is 0 Å². The molecule has 0 unspecified atom stereocenters. The number of hydrogen-bond acceptors (Lipinski definition) is 4. The van der Waals surface area contributed by atoms with Gasteiger partial charge in [-0.05, 0) is 35.2 Å². The lowest BCUT2D eigenvalue weighted by Crippen LogP contribution is -2.35. The van der Waals surface area contributed by atoms with E-state index in [0.29, 0.717) is 6.42 Å². The van der Waals surface area contributed by atoms with E-state index in [0.717, 1.165) is 51.4 Å². The van der Waals surface area contributed by atoms with Gasteiger partial charge in [0, 0.05) is 52.0 Å². The van der Waals surface area contributed by atoms with Gasteiger partial charge in [-0.3, -0.25) is 9.69 Å². The molecule has 0 N–H and O–H groups in total. The maximum atomic E-state index is 12.4. The summed E-state index contributed by atoms with van der Waals surface area (Å²) in [6.45, 7) is 4.52. The summed E-state index contributed by atoms with van der Waals surface area (Å²) in [4.78, 5) is 21.2. The van der Waals surface area contributed by atoms with Crippen LogP contribution in [0.2, 0.25) is 0 Å². The maximum absolute atomic E-state index is 12.4. The average Bonchev–Trinajstić information content (AvgIpc) is 3.14. The molecule has 1 amide bonds. The van der Waals surface area contributed by atoms with E-state index >= 15 is 0 Å². The molecule has 0 spiro atoms. The van der Waals surface area contributed by atoms with Gasteiger partial charge in [-0.15, -0.1) is 0 Å². The number of imidazole rings is 1. The van der Waals surface area contributed by atoms with Crippen LogP contribution in [0.15, 0.2) is 29.2 Å². The fraction of sp³-hybridized carbons (Fsp3) is 0.529. The van der Waals surface area contributed by atoms with E-state index in [9.17, 15) is 4.79 Å². The van der Waals surface area contributed by atoms with E-state index in [1.54, 1.807) is 11.3 Å². The van der Waals surface area contributed by atoms with Gasteiger partial charge in [0.15, 0.2) is 0 Å². The Morgan fingerprint density at radius 3 is 2.96 bits per heavy atom. The summed E-state index contributed by atoms with van der Waals surface area (Å²) in [6.07, 6.45) is 6.33. The molecule has 2 aromatic heterocycles. The second kappa shape index (κ2) is 7.75. The SMILES string of the molecule is Cn1ccnc1CN1CCCN(C(=O)CCc2ccsc2)CC1. The molecule has 3 rings (SSSR count). The van der Waals surface area contributed by atoms with Gasteiger partial charge in [0.1, 0.15) is 5.82 Å². The normalized spacial score (nSPS) is 16.5. The van der Waals surface area contributed by atoms with Crippen LogP contribution in [0.5, 0.6) is 0 Å². The molecule has 0 atom stereocenters. The summed E-state index contributed by atoms with van der Waals surface area (Å²) >= 11 is 1.69. The number of rotatable bonds is 5. The van der Waals surface area contributed by atoms with E-state index in [4.69, 9.17) is 0 Å². The third-order valence-corrected chi connectivity index (χ3v) is 5.17. The van der Waals surface area contributed by atoms with E-state index in [-0.39, 0.29) is 5.91 Å². The van der Waals surface area contributed by atoms with Crippen LogP contribution >= 0.6 is 11.3 Å². The Hall–Kier alpha value is -1.66. The van der Waals surface area contributed by atoms with E-state index in [1.807, 2.05) is 24.3 Å². The smallest absolute Gasteiger partial charge is 0.222 e. The lowest BCUT2D eigenvalue weighted by atomic mass is 10.2. The molecule has 0 aliphatic carbocycles. The van der Waals surface area contributed by atoms with Gasteiger partial charge in [-0.25, -0.2) is 4.98 Å². The lowest BCUT2D eigenvalue weighted by Gasteiger charge is -2.22. The third-order valence-electron chi connectivity index (χ3n) is 4.43. The highest BCUT2D eigenvalue weighted by Gasteiger charge is 2.19. The third kappa shape index (κ3) is 4.42. The molecule has 6 heteroatoms. The van der Waals surface area contributed by atoms with Crippen LogP contribution in [0.3, 0.4) is 0 Å². The van der Waals surface area contributed by atoms with E-state index in [2.05, 4.69) is 31.3 Å². The van der Waals surface area contributed by atoms with Gasteiger partial charge in [0.2, 0.25) is 5.91 Å². The molecule has 1 aliphatic rings. The Labute approximate surface area is 141 Å². The molecule has 5 nitrogen and oxygen atoms in total. The quantitative estimate of drug-likeness (QED) is 0.842. The molecule has 1 aliphatic heterocycles. The minimum Gasteiger partial charge on any atom is -0.341 e. The van der Waals surface area contributed by atoms with Crippen LogP contribution in [-0.2, 0) is 24.8 Å². The molecule has 1 fully saturated rings. The number of nitrogens with zero attached hydrogens (tertiary/aromatic N) is 4. The van der Waals surface area contributed by atoms with Crippen molar-refractivity contribution in [2.45, 2.75) is 25.8 Å². The van der Waals surface area contributed by atoms with Crippen molar-refractivity contribution < 1.29 is 4.79 Å². The average molecular weight is 332 g/mol. The summed E-state index contributed by atoms with van der Waals surface area (Å²) in [5.41, 5.74) is 1.27. The first-order valence-electron chi connectivity index (χ1n) is 8.20. The fourth-order valence-corrected chi connectivity index (χ4v) is 3.67. The van der Waals surface area contributed by atoms with Crippen LogP contribution in [0.1, 0.15) is 24.2 Å². The van der Waals surface area contributed by atoms with Crippen LogP contribution in [0, 0.1) is 0 Å². The largest absolute Gasteiger partial charge is 0.341 e. The Morgan fingerprint density at radius 2 is 2.22 bits per heavy atom. The van der Waals surface area contributed by atoms with Gasteiger partial charge in [0.05, 0.1) is 6.54 Å². The highest BCUT2D eigenvalue weighted by Crippen LogP contribution is 2.12. The topological polar surface area (TPSA) is 41.4 Å². The van der Waals surface area contributed by atoms with Gasteiger partial charge < -0.3 is 9.47 Å². The summed E-state index contributed by atoms with van der Waals surface area (Å²) in [6, 6.07) is 2.11. The Kier molecular flexibility index (Phi) is 5.46. The van der Waals surface area contributed by atoms with Crippen molar-refractivity contribution in [2.75, 3.05) is 26.2 Å².